The SMILES string of the molecule is CC1(C)CC(=O)c2cn(-c3ccc(F)cc3)c(=O)c(C(=O)Nc3ccccc3C(N)=O)c2C1. The van der Waals surface area contributed by atoms with Gasteiger partial charge in [0.05, 0.1) is 11.3 Å². The van der Waals surface area contributed by atoms with Crippen LogP contribution in [-0.2, 0) is 6.42 Å². The molecule has 8 heteroatoms. The van der Waals surface area contributed by atoms with Crippen molar-refractivity contribution >= 4 is 23.3 Å². The molecule has 0 fully saturated rings. The van der Waals surface area contributed by atoms with Gasteiger partial charge in [-0.05, 0) is 53.8 Å². The summed E-state index contributed by atoms with van der Waals surface area (Å²) in [6.07, 6.45) is 2.01. The number of hydrogen-bond acceptors (Lipinski definition) is 4. The van der Waals surface area contributed by atoms with Crippen LogP contribution in [0.3, 0.4) is 0 Å². The maximum absolute atomic E-state index is 13.5. The molecule has 3 aromatic rings. The van der Waals surface area contributed by atoms with E-state index in [2.05, 4.69) is 5.32 Å². The van der Waals surface area contributed by atoms with Crippen molar-refractivity contribution in [2.24, 2.45) is 11.1 Å². The maximum atomic E-state index is 13.5. The first-order valence-electron chi connectivity index (χ1n) is 10.4. The number of benzene rings is 2. The number of pyridine rings is 1. The summed E-state index contributed by atoms with van der Waals surface area (Å²) >= 11 is 0. The molecule has 1 heterocycles. The van der Waals surface area contributed by atoms with Gasteiger partial charge in [0.2, 0.25) is 0 Å². The Hall–Kier alpha value is -4.07. The number of halogens is 1. The second-order valence-corrected chi connectivity index (χ2v) is 8.85. The first-order valence-corrected chi connectivity index (χ1v) is 10.4. The first kappa shape index (κ1) is 22.1. The molecular formula is C25H22FN3O4. The predicted octanol–water partition coefficient (Wildman–Crippen LogP) is 3.48. The van der Waals surface area contributed by atoms with E-state index in [0.717, 1.165) is 0 Å². The largest absolute Gasteiger partial charge is 0.366 e. The molecule has 0 unspecified atom stereocenters. The van der Waals surface area contributed by atoms with E-state index in [1.807, 2.05) is 13.8 Å². The zero-order chi connectivity index (χ0) is 23.9. The number of rotatable bonds is 4. The Labute approximate surface area is 189 Å². The molecule has 0 atom stereocenters. The normalized spacial score (nSPS) is 14.5. The average Bonchev–Trinajstić information content (AvgIpc) is 2.73. The van der Waals surface area contributed by atoms with Crippen LogP contribution in [0.4, 0.5) is 10.1 Å². The molecule has 7 nitrogen and oxygen atoms in total. The molecule has 3 N–H and O–H groups in total. The second kappa shape index (κ2) is 8.12. The van der Waals surface area contributed by atoms with Gasteiger partial charge in [-0.3, -0.25) is 23.7 Å². The smallest absolute Gasteiger partial charge is 0.268 e. The van der Waals surface area contributed by atoms with Gasteiger partial charge in [0, 0.05) is 23.9 Å². The number of primary amides is 1. The molecule has 0 radical (unpaired) electrons. The number of nitrogens with two attached hydrogens (primary N) is 1. The van der Waals surface area contributed by atoms with Crippen LogP contribution in [0, 0.1) is 11.2 Å². The number of anilines is 1. The van der Waals surface area contributed by atoms with Gasteiger partial charge >= 0.3 is 0 Å². The summed E-state index contributed by atoms with van der Waals surface area (Å²) in [6, 6.07) is 11.3. The molecule has 4 rings (SSSR count). The van der Waals surface area contributed by atoms with E-state index in [1.165, 1.54) is 47.2 Å². The van der Waals surface area contributed by atoms with E-state index in [-0.39, 0.29) is 34.6 Å². The zero-order valence-electron chi connectivity index (χ0n) is 18.1. The number of ketones is 1. The lowest BCUT2D eigenvalue weighted by Gasteiger charge is -2.31. The maximum Gasteiger partial charge on any atom is 0.268 e. The fourth-order valence-corrected chi connectivity index (χ4v) is 4.16. The number of para-hydroxylation sites is 1. The topological polar surface area (TPSA) is 111 Å². The molecule has 33 heavy (non-hydrogen) atoms. The quantitative estimate of drug-likeness (QED) is 0.638. The van der Waals surface area contributed by atoms with Gasteiger partial charge in [0.15, 0.2) is 5.78 Å². The highest BCUT2D eigenvalue weighted by molar-refractivity contribution is 6.11. The van der Waals surface area contributed by atoms with Crippen LogP contribution in [0.25, 0.3) is 5.69 Å². The van der Waals surface area contributed by atoms with Crippen molar-refractivity contribution in [3.63, 3.8) is 0 Å². The summed E-state index contributed by atoms with van der Waals surface area (Å²) in [7, 11) is 0. The number of amides is 2. The summed E-state index contributed by atoms with van der Waals surface area (Å²) in [5.41, 5.74) is 5.29. The summed E-state index contributed by atoms with van der Waals surface area (Å²) in [4.78, 5) is 51.6. The van der Waals surface area contributed by atoms with Crippen molar-refractivity contribution in [1.29, 1.82) is 0 Å². The third-order valence-corrected chi connectivity index (χ3v) is 5.69. The number of hydrogen-bond donors (Lipinski definition) is 2. The third-order valence-electron chi connectivity index (χ3n) is 5.69. The Bertz CT molecular complexity index is 1360. The highest BCUT2D eigenvalue weighted by atomic mass is 19.1. The fourth-order valence-electron chi connectivity index (χ4n) is 4.16. The third kappa shape index (κ3) is 4.19. The molecule has 0 saturated carbocycles. The molecule has 1 aliphatic carbocycles. The van der Waals surface area contributed by atoms with Gasteiger partial charge in [-0.25, -0.2) is 4.39 Å². The standard InChI is InChI=1S/C25H22FN3O4/c1-25(2)11-17-18(20(30)12-25)13-29(15-9-7-14(26)8-10-15)24(33)21(17)23(32)28-19-6-4-3-5-16(19)22(27)31/h3-10,13H,11-12H2,1-2H3,(H2,27,31)(H,28,32). The molecule has 1 aromatic heterocycles. The summed E-state index contributed by atoms with van der Waals surface area (Å²) in [5.74, 6) is -2.17. The molecule has 2 amide bonds. The molecule has 2 aromatic carbocycles. The Balaban J connectivity index is 1.92. The second-order valence-electron chi connectivity index (χ2n) is 8.85. The molecule has 0 spiro atoms. The van der Waals surface area contributed by atoms with Crippen LogP contribution in [0.5, 0.6) is 0 Å². The summed E-state index contributed by atoms with van der Waals surface area (Å²) < 4.78 is 14.6. The molecule has 0 aliphatic heterocycles. The zero-order valence-corrected chi connectivity index (χ0v) is 18.1. The molecule has 1 aliphatic rings. The van der Waals surface area contributed by atoms with Gasteiger partial charge in [-0.2, -0.15) is 0 Å². The average molecular weight is 447 g/mol. The summed E-state index contributed by atoms with van der Waals surface area (Å²) in [5, 5.41) is 2.60. The van der Waals surface area contributed by atoms with E-state index in [9.17, 15) is 23.6 Å². The minimum Gasteiger partial charge on any atom is -0.366 e. The number of aromatic nitrogens is 1. The number of Topliss-reactive ketones (excluding diaryl/α,β-unsaturated/α-hetero) is 1. The van der Waals surface area contributed by atoms with Crippen molar-refractivity contribution in [2.75, 3.05) is 5.32 Å². The van der Waals surface area contributed by atoms with Gasteiger partial charge in [-0.1, -0.05) is 26.0 Å². The van der Waals surface area contributed by atoms with Crippen LogP contribution in [0.1, 0.15) is 56.9 Å². The van der Waals surface area contributed by atoms with Crippen LogP contribution < -0.4 is 16.6 Å². The van der Waals surface area contributed by atoms with Crippen molar-refractivity contribution in [2.45, 2.75) is 26.7 Å². The van der Waals surface area contributed by atoms with Gasteiger partial charge in [-0.15, -0.1) is 0 Å². The van der Waals surface area contributed by atoms with Crippen LogP contribution in [0.2, 0.25) is 0 Å². The number of fused-ring (bicyclic) bond motifs is 1. The highest BCUT2D eigenvalue weighted by Gasteiger charge is 2.36. The van der Waals surface area contributed by atoms with Crippen LogP contribution in [-0.4, -0.2) is 22.2 Å². The number of nitrogens with one attached hydrogen (secondary N) is 1. The van der Waals surface area contributed by atoms with Crippen LogP contribution >= 0.6 is 0 Å². The molecule has 0 saturated heterocycles. The lowest BCUT2D eigenvalue weighted by atomic mass is 9.73. The summed E-state index contributed by atoms with van der Waals surface area (Å²) in [6.45, 7) is 3.78. The first-order chi connectivity index (χ1) is 15.6. The fraction of sp³-hybridized carbons (Fsp3) is 0.200. The van der Waals surface area contributed by atoms with Gasteiger partial charge < -0.3 is 11.1 Å². The number of carbonyl (C=O) groups excluding carboxylic acids is 3. The monoisotopic (exact) mass is 447 g/mol. The lowest BCUT2D eigenvalue weighted by Crippen LogP contribution is -2.37. The van der Waals surface area contributed by atoms with E-state index >= 15 is 0 Å². The Morgan fingerprint density at radius 2 is 1.70 bits per heavy atom. The van der Waals surface area contributed by atoms with Crippen molar-refractivity contribution in [3.8, 4) is 5.69 Å². The minimum atomic E-state index is -0.757. The van der Waals surface area contributed by atoms with E-state index in [0.29, 0.717) is 17.7 Å². The van der Waals surface area contributed by atoms with Gasteiger partial charge in [0.1, 0.15) is 11.4 Å². The van der Waals surface area contributed by atoms with Crippen molar-refractivity contribution in [1.82, 2.24) is 4.57 Å². The van der Waals surface area contributed by atoms with E-state index in [4.69, 9.17) is 5.73 Å². The van der Waals surface area contributed by atoms with E-state index < -0.39 is 28.6 Å². The Morgan fingerprint density at radius 3 is 2.36 bits per heavy atom. The Morgan fingerprint density at radius 1 is 1.03 bits per heavy atom. The number of nitrogens with zero attached hydrogens (tertiary/aromatic N) is 1. The Kier molecular flexibility index (Phi) is 5.45. The highest BCUT2D eigenvalue weighted by Crippen LogP contribution is 2.36. The van der Waals surface area contributed by atoms with E-state index in [1.54, 1.807) is 12.1 Å². The minimum absolute atomic E-state index is 0.0888. The van der Waals surface area contributed by atoms with Crippen molar-refractivity contribution < 1.29 is 18.8 Å². The molecular weight excluding hydrogens is 425 g/mol. The molecule has 168 valence electrons. The van der Waals surface area contributed by atoms with Gasteiger partial charge in [0.25, 0.3) is 17.4 Å². The molecule has 0 bridgehead atoms. The number of carbonyl (C=O) groups is 3. The van der Waals surface area contributed by atoms with Crippen molar-refractivity contribution in [3.05, 3.63) is 93.2 Å². The predicted molar refractivity (Wildman–Crippen MR) is 121 cm³/mol. The van der Waals surface area contributed by atoms with Crippen LogP contribution in [0.15, 0.2) is 59.5 Å². The lowest BCUT2D eigenvalue weighted by molar-refractivity contribution is 0.0909.